The third-order valence-electron chi connectivity index (χ3n) is 5.11. The number of carbonyl (C=O) groups is 3. The molecular weight excluding hydrogens is 574 g/mol. The molecule has 0 atom stereocenters. The Morgan fingerprint density at radius 2 is 1.86 bits per heavy atom. The molecule has 0 unspecified atom stereocenters. The molecule has 2 heterocycles. The molecule has 2 aromatic carbocycles. The molecule has 0 aliphatic carbocycles. The molecule has 1 aliphatic rings. The highest BCUT2D eigenvalue weighted by Crippen LogP contribution is 2.38. The summed E-state index contributed by atoms with van der Waals surface area (Å²) in [6.07, 6.45) is 1.60. The van der Waals surface area contributed by atoms with Gasteiger partial charge in [-0.2, -0.15) is 0 Å². The molecule has 8 nitrogen and oxygen atoms in total. The molecule has 0 N–H and O–H groups in total. The first-order valence-corrected chi connectivity index (χ1v) is 12.4. The Hall–Kier alpha value is -3.21. The van der Waals surface area contributed by atoms with Gasteiger partial charge in [-0.05, 0) is 65.4 Å². The Labute approximate surface area is 224 Å². The number of rotatable bonds is 8. The Balaban J connectivity index is 1.50. The molecule has 0 bridgehead atoms. The minimum absolute atomic E-state index is 0.00981. The number of imide groups is 1. The van der Waals surface area contributed by atoms with Gasteiger partial charge in [-0.1, -0.05) is 39.7 Å². The molecule has 0 saturated carbocycles. The van der Waals surface area contributed by atoms with Crippen LogP contribution in [0.4, 0.5) is 4.79 Å². The highest BCUT2D eigenvalue weighted by molar-refractivity contribution is 9.10. The Kier molecular flexibility index (Phi) is 8.07. The molecule has 11 heteroatoms. The zero-order chi connectivity index (χ0) is 25.8. The second-order valence-corrected chi connectivity index (χ2v) is 9.75. The standard InChI is InChI=1S/C25H19BrClNO7S/c1-32-20-9-15(18(26)11-21(20)34-13-14-3-5-16(27)6-4-14)10-22-23(29)28(25(31)36-22)12-17-7-8-19(35-17)24(30)33-2/h3-11H,12-13H2,1-2H3/b22-10+. The van der Waals surface area contributed by atoms with Gasteiger partial charge in [0.1, 0.15) is 12.4 Å². The van der Waals surface area contributed by atoms with Crippen molar-refractivity contribution in [2.24, 2.45) is 0 Å². The lowest BCUT2D eigenvalue weighted by Gasteiger charge is -2.13. The van der Waals surface area contributed by atoms with E-state index in [2.05, 4.69) is 20.7 Å². The van der Waals surface area contributed by atoms with E-state index in [1.165, 1.54) is 26.4 Å². The van der Waals surface area contributed by atoms with Crippen LogP contribution in [0, 0.1) is 0 Å². The Morgan fingerprint density at radius 3 is 2.56 bits per heavy atom. The average Bonchev–Trinajstić information content (AvgIpc) is 3.45. The molecule has 1 aliphatic heterocycles. The third-order valence-corrected chi connectivity index (χ3v) is 6.96. The number of nitrogens with zero attached hydrogens (tertiary/aromatic N) is 1. The zero-order valence-electron chi connectivity index (χ0n) is 19.1. The van der Waals surface area contributed by atoms with E-state index < -0.39 is 17.1 Å². The summed E-state index contributed by atoms with van der Waals surface area (Å²) in [6.45, 7) is 0.198. The largest absolute Gasteiger partial charge is 0.493 e. The predicted octanol–water partition coefficient (Wildman–Crippen LogP) is 6.31. The van der Waals surface area contributed by atoms with Gasteiger partial charge in [0.2, 0.25) is 5.76 Å². The quantitative estimate of drug-likeness (QED) is 0.222. The van der Waals surface area contributed by atoms with Gasteiger partial charge in [0, 0.05) is 9.50 Å². The smallest absolute Gasteiger partial charge is 0.373 e. The van der Waals surface area contributed by atoms with Crippen molar-refractivity contribution in [3.05, 3.63) is 85.6 Å². The first-order chi connectivity index (χ1) is 17.3. The summed E-state index contributed by atoms with van der Waals surface area (Å²) >= 11 is 10.2. The van der Waals surface area contributed by atoms with E-state index in [4.69, 9.17) is 25.5 Å². The lowest BCUT2D eigenvalue weighted by Crippen LogP contribution is -2.27. The van der Waals surface area contributed by atoms with Crippen molar-refractivity contribution in [3.8, 4) is 11.5 Å². The van der Waals surface area contributed by atoms with Gasteiger partial charge < -0.3 is 18.6 Å². The lowest BCUT2D eigenvalue weighted by atomic mass is 10.1. The van der Waals surface area contributed by atoms with E-state index in [1.54, 1.807) is 30.3 Å². The topological polar surface area (TPSA) is 95.3 Å². The van der Waals surface area contributed by atoms with Gasteiger partial charge in [0.05, 0.1) is 25.7 Å². The number of thioether (sulfide) groups is 1. The van der Waals surface area contributed by atoms with Gasteiger partial charge in [-0.15, -0.1) is 0 Å². The van der Waals surface area contributed by atoms with E-state index in [1.807, 2.05) is 12.1 Å². The maximum Gasteiger partial charge on any atom is 0.373 e. The first-order valence-electron chi connectivity index (χ1n) is 10.5. The van der Waals surface area contributed by atoms with E-state index in [0.29, 0.717) is 33.2 Å². The van der Waals surface area contributed by atoms with Crippen LogP contribution in [0.25, 0.3) is 6.08 Å². The van der Waals surface area contributed by atoms with Crippen molar-refractivity contribution in [2.45, 2.75) is 13.2 Å². The number of esters is 1. The predicted molar refractivity (Wildman–Crippen MR) is 138 cm³/mol. The van der Waals surface area contributed by atoms with E-state index >= 15 is 0 Å². The summed E-state index contributed by atoms with van der Waals surface area (Å²) < 4.78 is 22.0. The monoisotopic (exact) mass is 591 g/mol. The van der Waals surface area contributed by atoms with Crippen LogP contribution in [0.3, 0.4) is 0 Å². The number of ether oxygens (including phenoxy) is 3. The summed E-state index contributed by atoms with van der Waals surface area (Å²) in [7, 11) is 2.75. The number of carbonyl (C=O) groups excluding carboxylic acids is 3. The molecule has 0 spiro atoms. The van der Waals surface area contributed by atoms with Gasteiger partial charge in [-0.25, -0.2) is 4.79 Å². The fourth-order valence-corrected chi connectivity index (χ4v) is 4.67. The normalized spacial score (nSPS) is 14.4. The number of hydrogen-bond donors (Lipinski definition) is 0. The number of benzene rings is 2. The van der Waals surface area contributed by atoms with Crippen LogP contribution in [0.1, 0.15) is 27.4 Å². The van der Waals surface area contributed by atoms with Gasteiger partial charge in [0.15, 0.2) is 11.5 Å². The van der Waals surface area contributed by atoms with Crippen LogP contribution >= 0.6 is 39.3 Å². The molecule has 1 saturated heterocycles. The second kappa shape index (κ2) is 11.2. The van der Waals surface area contributed by atoms with E-state index in [-0.39, 0.29) is 23.0 Å². The maximum atomic E-state index is 12.9. The van der Waals surface area contributed by atoms with Crippen LogP contribution in [0.15, 0.2) is 62.3 Å². The maximum absolute atomic E-state index is 12.9. The minimum atomic E-state index is -0.644. The first kappa shape index (κ1) is 25.9. The van der Waals surface area contributed by atoms with Crippen LogP contribution in [0.2, 0.25) is 5.02 Å². The average molecular weight is 593 g/mol. The van der Waals surface area contributed by atoms with Crippen LogP contribution in [0.5, 0.6) is 11.5 Å². The third kappa shape index (κ3) is 5.77. The second-order valence-electron chi connectivity index (χ2n) is 7.47. The van der Waals surface area contributed by atoms with Gasteiger partial charge >= 0.3 is 5.97 Å². The summed E-state index contributed by atoms with van der Waals surface area (Å²) in [4.78, 5) is 38.3. The number of furan rings is 1. The highest BCUT2D eigenvalue weighted by Gasteiger charge is 2.36. The molecule has 4 rings (SSSR count). The van der Waals surface area contributed by atoms with Crippen molar-refractivity contribution < 1.29 is 33.0 Å². The molecule has 1 fully saturated rings. The highest BCUT2D eigenvalue weighted by atomic mass is 79.9. The Morgan fingerprint density at radius 1 is 1.11 bits per heavy atom. The van der Waals surface area contributed by atoms with Crippen molar-refractivity contribution in [1.29, 1.82) is 0 Å². The van der Waals surface area contributed by atoms with Crippen LogP contribution in [-0.4, -0.2) is 36.2 Å². The van der Waals surface area contributed by atoms with Gasteiger partial charge in [0.25, 0.3) is 11.1 Å². The lowest BCUT2D eigenvalue weighted by molar-refractivity contribution is -0.123. The van der Waals surface area contributed by atoms with Crippen molar-refractivity contribution >= 4 is 62.5 Å². The van der Waals surface area contributed by atoms with E-state index in [0.717, 1.165) is 22.2 Å². The van der Waals surface area contributed by atoms with Crippen LogP contribution in [-0.2, 0) is 22.7 Å². The zero-order valence-corrected chi connectivity index (χ0v) is 22.2. The SMILES string of the molecule is COC(=O)c1ccc(CN2C(=O)S/C(=C/c3cc(OC)c(OCc4ccc(Cl)cc4)cc3Br)C2=O)o1. The van der Waals surface area contributed by atoms with Gasteiger partial charge in [-0.3, -0.25) is 14.5 Å². The fraction of sp³-hybridized carbons (Fsp3) is 0.160. The van der Waals surface area contributed by atoms with Crippen molar-refractivity contribution in [3.63, 3.8) is 0 Å². The number of halogens is 2. The molecule has 36 heavy (non-hydrogen) atoms. The molecule has 1 aromatic heterocycles. The number of methoxy groups -OCH3 is 2. The summed E-state index contributed by atoms with van der Waals surface area (Å²) in [5, 5.41) is 0.191. The molecule has 186 valence electrons. The molecular formula is C25H19BrClNO7S. The number of hydrogen-bond acceptors (Lipinski definition) is 8. The number of amides is 2. The van der Waals surface area contributed by atoms with Crippen molar-refractivity contribution in [2.75, 3.05) is 14.2 Å². The molecule has 2 amide bonds. The summed E-state index contributed by atoms with van der Waals surface area (Å²) in [5.74, 6) is 0.116. The van der Waals surface area contributed by atoms with Crippen molar-refractivity contribution in [1.82, 2.24) is 4.90 Å². The van der Waals surface area contributed by atoms with Crippen LogP contribution < -0.4 is 9.47 Å². The minimum Gasteiger partial charge on any atom is -0.493 e. The molecule has 0 radical (unpaired) electrons. The summed E-state index contributed by atoms with van der Waals surface area (Å²) in [6, 6.07) is 13.7. The Bertz CT molecular complexity index is 1350. The summed E-state index contributed by atoms with van der Waals surface area (Å²) in [5.41, 5.74) is 1.56. The van der Waals surface area contributed by atoms with E-state index in [9.17, 15) is 14.4 Å². The molecule has 3 aromatic rings. The fourth-order valence-electron chi connectivity index (χ4n) is 3.28.